The van der Waals surface area contributed by atoms with Crippen LogP contribution < -0.4 is 10.9 Å². The number of carbonyl (C=O) groups excluding carboxylic acids is 1. The Morgan fingerprint density at radius 2 is 1.81 bits per heavy atom. The molecule has 0 bridgehead atoms. The lowest BCUT2D eigenvalue weighted by molar-refractivity contribution is 0.102. The first-order valence-corrected chi connectivity index (χ1v) is 8.72. The van der Waals surface area contributed by atoms with E-state index >= 15 is 0 Å². The fraction of sp³-hybridized carbons (Fsp3) is 0.300. The van der Waals surface area contributed by atoms with Crippen molar-refractivity contribution in [2.75, 3.05) is 5.32 Å². The molecule has 1 aromatic carbocycles. The number of nitrogens with zero attached hydrogens (tertiary/aromatic N) is 2. The van der Waals surface area contributed by atoms with Gasteiger partial charge in [-0.3, -0.25) is 9.59 Å². The lowest BCUT2D eigenvalue weighted by Crippen LogP contribution is -2.18. The fourth-order valence-corrected chi connectivity index (χ4v) is 3.18. The van der Waals surface area contributed by atoms with Gasteiger partial charge in [0.2, 0.25) is 0 Å². The summed E-state index contributed by atoms with van der Waals surface area (Å²) in [6.07, 6.45) is 2.26. The minimum Gasteiger partial charge on any atom is -0.322 e. The second kappa shape index (κ2) is 6.05. The van der Waals surface area contributed by atoms with Crippen LogP contribution in [-0.2, 0) is 0 Å². The molecule has 132 valence electrons. The highest BCUT2D eigenvalue weighted by Gasteiger charge is 2.28. The van der Waals surface area contributed by atoms with Crippen molar-refractivity contribution in [3.05, 3.63) is 63.0 Å². The molecule has 0 saturated heterocycles. The van der Waals surface area contributed by atoms with Gasteiger partial charge in [-0.1, -0.05) is 0 Å². The lowest BCUT2D eigenvalue weighted by Gasteiger charge is -2.12. The molecule has 1 saturated carbocycles. The second-order valence-corrected chi connectivity index (χ2v) is 6.94. The smallest absolute Gasteiger partial charge is 0.259 e. The topological polar surface area (TPSA) is 87.7 Å². The van der Waals surface area contributed by atoms with E-state index in [4.69, 9.17) is 0 Å². The summed E-state index contributed by atoms with van der Waals surface area (Å²) in [4.78, 5) is 36.3. The van der Waals surface area contributed by atoms with Crippen LogP contribution in [0.4, 0.5) is 5.69 Å². The van der Waals surface area contributed by atoms with Crippen molar-refractivity contribution in [1.29, 1.82) is 0 Å². The molecule has 0 atom stereocenters. The van der Waals surface area contributed by atoms with Crippen molar-refractivity contribution >= 4 is 22.5 Å². The van der Waals surface area contributed by atoms with E-state index in [1.165, 1.54) is 0 Å². The normalized spacial score (nSPS) is 13.8. The summed E-state index contributed by atoms with van der Waals surface area (Å²) < 4.78 is 0. The molecule has 2 aromatic heterocycles. The molecule has 3 aromatic rings. The Morgan fingerprint density at radius 3 is 2.46 bits per heavy atom. The molecule has 4 rings (SSSR count). The van der Waals surface area contributed by atoms with E-state index in [0.717, 1.165) is 29.6 Å². The number of aromatic nitrogens is 3. The zero-order valence-corrected chi connectivity index (χ0v) is 15.0. The zero-order chi connectivity index (χ0) is 18.4. The van der Waals surface area contributed by atoms with Crippen LogP contribution in [0.1, 0.15) is 51.9 Å². The third kappa shape index (κ3) is 2.98. The van der Waals surface area contributed by atoms with Crippen molar-refractivity contribution < 1.29 is 4.79 Å². The highest BCUT2D eigenvalue weighted by molar-refractivity contribution is 6.06. The Morgan fingerprint density at radius 1 is 1.12 bits per heavy atom. The van der Waals surface area contributed by atoms with E-state index < -0.39 is 0 Å². The van der Waals surface area contributed by atoms with Crippen LogP contribution in [0.15, 0.2) is 29.1 Å². The van der Waals surface area contributed by atoms with Crippen LogP contribution in [0.25, 0.3) is 10.9 Å². The van der Waals surface area contributed by atoms with Crippen molar-refractivity contribution in [3.63, 3.8) is 0 Å². The van der Waals surface area contributed by atoms with Gasteiger partial charge in [-0.2, -0.15) is 0 Å². The molecular weight excluding hydrogens is 328 g/mol. The molecular formula is C20H20N4O2. The van der Waals surface area contributed by atoms with Gasteiger partial charge in [-0.25, -0.2) is 9.97 Å². The number of aryl methyl sites for hydroxylation is 3. The summed E-state index contributed by atoms with van der Waals surface area (Å²) in [6, 6.07) is 7.22. The Kier molecular flexibility index (Phi) is 3.83. The average Bonchev–Trinajstić information content (AvgIpc) is 3.40. The summed E-state index contributed by atoms with van der Waals surface area (Å²) in [5.74, 6) is 1.08. The van der Waals surface area contributed by atoms with Gasteiger partial charge in [-0.05, 0) is 57.9 Å². The highest BCUT2D eigenvalue weighted by Crippen LogP contribution is 2.38. The second-order valence-electron chi connectivity index (χ2n) is 6.94. The minimum absolute atomic E-state index is 0.103. The third-order valence-corrected chi connectivity index (χ3v) is 4.75. The van der Waals surface area contributed by atoms with Gasteiger partial charge in [-0.15, -0.1) is 0 Å². The van der Waals surface area contributed by atoms with Crippen LogP contribution in [-0.4, -0.2) is 20.9 Å². The third-order valence-electron chi connectivity index (χ3n) is 4.75. The largest absolute Gasteiger partial charge is 0.322 e. The maximum atomic E-state index is 12.8. The van der Waals surface area contributed by atoms with Gasteiger partial charge in [0.25, 0.3) is 11.5 Å². The molecule has 0 radical (unpaired) electrons. The number of H-pyrrole nitrogens is 1. The number of benzene rings is 1. The summed E-state index contributed by atoms with van der Waals surface area (Å²) in [6.45, 7) is 5.46. The molecule has 2 N–H and O–H groups in total. The van der Waals surface area contributed by atoms with Crippen LogP contribution in [0.2, 0.25) is 0 Å². The maximum Gasteiger partial charge on any atom is 0.259 e. The number of pyridine rings is 1. The van der Waals surface area contributed by atoms with Gasteiger partial charge in [0.05, 0.1) is 17.0 Å². The quantitative estimate of drug-likeness (QED) is 0.759. The molecule has 0 aliphatic heterocycles. The van der Waals surface area contributed by atoms with Crippen LogP contribution in [0.5, 0.6) is 0 Å². The number of hydrogen-bond acceptors (Lipinski definition) is 4. The Bertz CT molecular complexity index is 1070. The molecule has 1 fully saturated rings. The summed E-state index contributed by atoms with van der Waals surface area (Å²) in [7, 11) is 0. The van der Waals surface area contributed by atoms with E-state index in [0.29, 0.717) is 34.1 Å². The predicted molar refractivity (Wildman–Crippen MR) is 101 cm³/mol. The molecule has 1 aliphatic carbocycles. The Hall–Kier alpha value is -3.02. The first kappa shape index (κ1) is 16.4. The van der Waals surface area contributed by atoms with E-state index in [-0.39, 0.29) is 11.5 Å². The first-order chi connectivity index (χ1) is 12.4. The predicted octanol–water partition coefficient (Wildman–Crippen LogP) is 3.37. The van der Waals surface area contributed by atoms with Crippen molar-refractivity contribution in [2.24, 2.45) is 0 Å². The molecule has 26 heavy (non-hydrogen) atoms. The molecule has 0 spiro atoms. The minimum atomic E-state index is -0.220. The summed E-state index contributed by atoms with van der Waals surface area (Å²) in [5, 5.41) is 3.79. The number of fused-ring (bicyclic) bond motifs is 1. The summed E-state index contributed by atoms with van der Waals surface area (Å²) >= 11 is 0. The van der Waals surface area contributed by atoms with E-state index in [9.17, 15) is 9.59 Å². The Balaban J connectivity index is 1.65. The zero-order valence-electron chi connectivity index (χ0n) is 15.0. The van der Waals surface area contributed by atoms with Gasteiger partial charge in [0, 0.05) is 28.1 Å². The lowest BCUT2D eigenvalue weighted by atomic mass is 10.1. The van der Waals surface area contributed by atoms with Crippen LogP contribution in [0, 0.1) is 20.8 Å². The standard InChI is InChI=1S/C20H20N4O2/c1-10-8-14-9-15(6-7-16(14)24-19(10)25)23-20(26)17-11(2)21-18(13-4-5-13)22-12(17)3/h6-9,13H,4-5H2,1-3H3,(H,23,26)(H,24,25). The van der Waals surface area contributed by atoms with E-state index in [2.05, 4.69) is 20.3 Å². The van der Waals surface area contributed by atoms with Crippen molar-refractivity contribution in [2.45, 2.75) is 39.5 Å². The highest BCUT2D eigenvalue weighted by atomic mass is 16.1. The SMILES string of the molecule is Cc1nc(C2CC2)nc(C)c1C(=O)Nc1ccc2[nH]c(=O)c(C)cc2c1. The first-order valence-electron chi connectivity index (χ1n) is 8.72. The number of carbonyl (C=O) groups is 1. The number of hydrogen-bond donors (Lipinski definition) is 2. The number of anilines is 1. The summed E-state index contributed by atoms with van der Waals surface area (Å²) in [5.41, 5.74) is 3.87. The van der Waals surface area contributed by atoms with E-state index in [1.54, 1.807) is 19.1 Å². The number of nitrogens with one attached hydrogen (secondary N) is 2. The monoisotopic (exact) mass is 348 g/mol. The van der Waals surface area contributed by atoms with Crippen molar-refractivity contribution in [3.8, 4) is 0 Å². The van der Waals surface area contributed by atoms with Gasteiger partial charge >= 0.3 is 0 Å². The van der Waals surface area contributed by atoms with Crippen molar-refractivity contribution in [1.82, 2.24) is 15.0 Å². The Labute approximate surface area is 150 Å². The molecule has 6 heteroatoms. The van der Waals surface area contributed by atoms with Gasteiger partial charge in [0.15, 0.2) is 0 Å². The maximum absolute atomic E-state index is 12.8. The number of rotatable bonds is 3. The molecule has 1 amide bonds. The fourth-order valence-electron chi connectivity index (χ4n) is 3.18. The molecule has 2 heterocycles. The molecule has 1 aliphatic rings. The number of amides is 1. The van der Waals surface area contributed by atoms with Gasteiger partial charge in [0.1, 0.15) is 5.82 Å². The van der Waals surface area contributed by atoms with Crippen LogP contribution >= 0.6 is 0 Å². The van der Waals surface area contributed by atoms with E-state index in [1.807, 2.05) is 26.0 Å². The number of aromatic amines is 1. The van der Waals surface area contributed by atoms with Crippen LogP contribution in [0.3, 0.4) is 0 Å². The molecule has 0 unspecified atom stereocenters. The molecule has 6 nitrogen and oxygen atoms in total. The average molecular weight is 348 g/mol. The van der Waals surface area contributed by atoms with Gasteiger partial charge < -0.3 is 10.3 Å².